The van der Waals surface area contributed by atoms with Gasteiger partial charge in [-0.3, -0.25) is 4.79 Å². The molecule has 0 aliphatic carbocycles. The fourth-order valence-corrected chi connectivity index (χ4v) is 2.50. The molecule has 1 heterocycles. The molecule has 20 heavy (non-hydrogen) atoms. The molecule has 2 N–H and O–H groups in total. The van der Waals surface area contributed by atoms with E-state index in [1.54, 1.807) is 18.2 Å². The lowest BCUT2D eigenvalue weighted by atomic mass is 9.98. The van der Waals surface area contributed by atoms with Gasteiger partial charge >= 0.3 is 0 Å². The van der Waals surface area contributed by atoms with Crippen LogP contribution < -0.4 is 5.32 Å². The van der Waals surface area contributed by atoms with Crippen LogP contribution >= 0.6 is 11.6 Å². The number of hydrogen-bond acceptors (Lipinski definition) is 2. The summed E-state index contributed by atoms with van der Waals surface area (Å²) in [5.41, 5.74) is 2.18. The molecule has 2 aromatic carbocycles. The van der Waals surface area contributed by atoms with Crippen molar-refractivity contribution in [2.45, 2.75) is 12.5 Å². The number of carbonyl (C=O) groups excluding carboxylic acids is 1. The monoisotopic (exact) mass is 291 g/mol. The zero-order chi connectivity index (χ0) is 14.3. The Morgan fingerprint density at radius 3 is 2.85 bits per heavy atom. The Balaban J connectivity index is 1.99. The van der Waals surface area contributed by atoms with Crippen molar-refractivity contribution in [1.29, 1.82) is 0 Å². The summed E-state index contributed by atoms with van der Waals surface area (Å²) < 4.78 is 13.8. The second-order valence-electron chi connectivity index (χ2n) is 4.71. The third-order valence-corrected chi connectivity index (χ3v) is 3.56. The average molecular weight is 292 g/mol. The molecular weight excluding hydrogens is 281 g/mol. The van der Waals surface area contributed by atoms with Gasteiger partial charge in [0.2, 0.25) is 5.91 Å². The van der Waals surface area contributed by atoms with E-state index >= 15 is 0 Å². The quantitative estimate of drug-likeness (QED) is 0.893. The first-order valence-corrected chi connectivity index (χ1v) is 6.48. The Morgan fingerprint density at radius 2 is 2.05 bits per heavy atom. The van der Waals surface area contributed by atoms with E-state index in [9.17, 15) is 14.3 Å². The van der Waals surface area contributed by atoms with Crippen LogP contribution in [0.3, 0.4) is 0 Å². The van der Waals surface area contributed by atoms with Crippen molar-refractivity contribution in [3.05, 3.63) is 63.9 Å². The molecule has 3 nitrogen and oxygen atoms in total. The molecule has 0 aromatic heterocycles. The first-order valence-electron chi connectivity index (χ1n) is 6.10. The van der Waals surface area contributed by atoms with Crippen LogP contribution in [0.2, 0.25) is 5.02 Å². The minimum Gasteiger partial charge on any atom is -0.384 e. The second-order valence-corrected chi connectivity index (χ2v) is 5.15. The summed E-state index contributed by atoms with van der Waals surface area (Å²) >= 11 is 5.83. The summed E-state index contributed by atoms with van der Waals surface area (Å²) in [6.45, 7) is 0. The van der Waals surface area contributed by atoms with Gasteiger partial charge in [-0.05, 0) is 35.4 Å². The van der Waals surface area contributed by atoms with Crippen LogP contribution in [0.4, 0.5) is 10.1 Å². The largest absolute Gasteiger partial charge is 0.384 e. The summed E-state index contributed by atoms with van der Waals surface area (Å²) in [5.74, 6) is -0.600. The van der Waals surface area contributed by atoms with Gasteiger partial charge < -0.3 is 10.4 Å². The molecule has 1 unspecified atom stereocenters. The Hall–Kier alpha value is -1.91. The van der Waals surface area contributed by atoms with Crippen LogP contribution in [0.25, 0.3) is 0 Å². The average Bonchev–Trinajstić information content (AvgIpc) is 2.79. The number of aliphatic hydroxyl groups excluding tert-OH is 1. The van der Waals surface area contributed by atoms with Crippen molar-refractivity contribution < 1.29 is 14.3 Å². The number of anilines is 1. The van der Waals surface area contributed by atoms with E-state index < -0.39 is 11.9 Å². The fourth-order valence-electron chi connectivity index (χ4n) is 2.32. The molecule has 2 aromatic rings. The van der Waals surface area contributed by atoms with E-state index in [1.165, 1.54) is 18.2 Å². The third-order valence-electron chi connectivity index (χ3n) is 3.32. The smallest absolute Gasteiger partial charge is 0.228 e. The van der Waals surface area contributed by atoms with Crippen LogP contribution in [-0.4, -0.2) is 11.0 Å². The number of aliphatic hydroxyl groups is 1. The highest BCUT2D eigenvalue weighted by Gasteiger charge is 2.21. The van der Waals surface area contributed by atoms with Crippen LogP contribution in [0.5, 0.6) is 0 Å². The Labute approximate surface area is 120 Å². The van der Waals surface area contributed by atoms with Crippen molar-refractivity contribution in [3.63, 3.8) is 0 Å². The molecule has 5 heteroatoms. The molecule has 102 valence electrons. The zero-order valence-corrected chi connectivity index (χ0v) is 11.1. The third kappa shape index (κ3) is 2.28. The highest BCUT2D eigenvalue weighted by molar-refractivity contribution is 6.30. The van der Waals surface area contributed by atoms with Crippen molar-refractivity contribution in [3.8, 4) is 0 Å². The minimum absolute atomic E-state index is 0.0828. The highest BCUT2D eigenvalue weighted by atomic mass is 35.5. The lowest BCUT2D eigenvalue weighted by molar-refractivity contribution is -0.115. The normalized spacial score (nSPS) is 14.8. The summed E-state index contributed by atoms with van der Waals surface area (Å²) in [7, 11) is 0. The number of amides is 1. The van der Waals surface area contributed by atoms with Gasteiger partial charge in [0.15, 0.2) is 0 Å². The van der Waals surface area contributed by atoms with Gasteiger partial charge in [0, 0.05) is 16.3 Å². The molecule has 1 amide bonds. The van der Waals surface area contributed by atoms with E-state index in [0.29, 0.717) is 10.6 Å². The maximum atomic E-state index is 13.8. The molecule has 0 fully saturated rings. The number of hydrogen-bond donors (Lipinski definition) is 2. The molecule has 0 radical (unpaired) electrons. The first-order chi connectivity index (χ1) is 9.54. The first kappa shape index (κ1) is 13.1. The number of nitrogens with one attached hydrogen (secondary N) is 1. The van der Waals surface area contributed by atoms with E-state index in [0.717, 1.165) is 11.3 Å². The summed E-state index contributed by atoms with van der Waals surface area (Å²) in [5, 5.41) is 13.4. The van der Waals surface area contributed by atoms with Gasteiger partial charge in [-0.25, -0.2) is 4.39 Å². The van der Waals surface area contributed by atoms with E-state index in [4.69, 9.17) is 11.6 Å². The van der Waals surface area contributed by atoms with Gasteiger partial charge in [-0.2, -0.15) is 0 Å². The molecular formula is C15H11ClFNO2. The number of benzene rings is 2. The number of carbonyl (C=O) groups is 1. The molecule has 0 spiro atoms. The predicted molar refractivity (Wildman–Crippen MR) is 74.2 cm³/mol. The van der Waals surface area contributed by atoms with Gasteiger partial charge in [0.1, 0.15) is 11.9 Å². The predicted octanol–water partition coefficient (Wildman–Crippen LogP) is 3.06. The number of fused-ring (bicyclic) bond motifs is 1. The van der Waals surface area contributed by atoms with Crippen molar-refractivity contribution in [1.82, 2.24) is 0 Å². The van der Waals surface area contributed by atoms with E-state index in [2.05, 4.69) is 5.32 Å². The van der Waals surface area contributed by atoms with Crippen molar-refractivity contribution in [2.24, 2.45) is 0 Å². The highest BCUT2D eigenvalue weighted by Crippen LogP contribution is 2.31. The summed E-state index contributed by atoms with van der Waals surface area (Å²) in [6.07, 6.45) is -0.844. The van der Waals surface area contributed by atoms with Gasteiger partial charge in [0.25, 0.3) is 0 Å². The second kappa shape index (κ2) is 4.89. The number of halogens is 2. The summed E-state index contributed by atoms with van der Waals surface area (Å²) in [6, 6.07) is 9.13. The lowest BCUT2D eigenvalue weighted by Crippen LogP contribution is -2.03. The molecule has 1 atom stereocenters. The molecule has 0 bridgehead atoms. The van der Waals surface area contributed by atoms with Crippen LogP contribution in [0.15, 0.2) is 36.4 Å². The Morgan fingerprint density at radius 1 is 1.25 bits per heavy atom. The molecule has 1 aliphatic heterocycles. The topological polar surface area (TPSA) is 49.3 Å². The van der Waals surface area contributed by atoms with E-state index in [1.807, 2.05) is 0 Å². The van der Waals surface area contributed by atoms with Crippen LogP contribution in [-0.2, 0) is 11.2 Å². The molecule has 3 rings (SSSR count). The van der Waals surface area contributed by atoms with Crippen molar-refractivity contribution in [2.75, 3.05) is 5.32 Å². The summed E-state index contributed by atoms with van der Waals surface area (Å²) in [4.78, 5) is 11.3. The molecule has 0 saturated carbocycles. The van der Waals surface area contributed by atoms with Crippen molar-refractivity contribution >= 4 is 23.2 Å². The van der Waals surface area contributed by atoms with Gasteiger partial charge in [-0.1, -0.05) is 23.7 Å². The standard InChI is InChI=1S/C15H11ClFNO2/c16-10-2-3-12(17)11(7-10)15(20)8-1-4-13-9(5-8)6-14(19)18-13/h1-5,7,15,20H,6H2,(H,18,19). The molecule has 1 aliphatic rings. The van der Waals surface area contributed by atoms with E-state index in [-0.39, 0.29) is 17.9 Å². The Kier molecular flexibility index (Phi) is 3.20. The van der Waals surface area contributed by atoms with Gasteiger partial charge in [0.05, 0.1) is 6.42 Å². The maximum absolute atomic E-state index is 13.8. The van der Waals surface area contributed by atoms with Gasteiger partial charge in [-0.15, -0.1) is 0 Å². The Bertz CT molecular complexity index is 702. The molecule has 0 saturated heterocycles. The maximum Gasteiger partial charge on any atom is 0.228 e. The number of rotatable bonds is 2. The van der Waals surface area contributed by atoms with Crippen LogP contribution in [0.1, 0.15) is 22.8 Å². The zero-order valence-electron chi connectivity index (χ0n) is 10.4. The van der Waals surface area contributed by atoms with Crippen LogP contribution in [0, 0.1) is 5.82 Å². The SMILES string of the molecule is O=C1Cc2cc(C(O)c3cc(Cl)ccc3F)ccc2N1. The lowest BCUT2D eigenvalue weighted by Gasteiger charge is -2.14. The minimum atomic E-state index is -1.12. The fraction of sp³-hybridized carbons (Fsp3) is 0.133.